The first-order valence-corrected chi connectivity index (χ1v) is 5.35. The Morgan fingerprint density at radius 2 is 2.36 bits per heavy atom. The molecule has 0 bridgehead atoms. The van der Waals surface area contributed by atoms with Crippen LogP contribution in [0.5, 0.6) is 0 Å². The molecule has 1 fully saturated rings. The number of ether oxygens (including phenoxy) is 1. The number of hydrogen-bond acceptors (Lipinski definition) is 3. The van der Waals surface area contributed by atoms with E-state index in [2.05, 4.69) is 21.7 Å². The first kappa shape index (κ1) is 9.86. The number of H-pyrrole nitrogens is 1. The number of nitrogens with one attached hydrogen (secondary N) is 1. The largest absolute Gasteiger partial charge is 0.381 e. The maximum absolute atomic E-state index is 5.24. The highest BCUT2D eigenvalue weighted by molar-refractivity contribution is 7.71. The van der Waals surface area contributed by atoms with Crippen LogP contribution in [-0.2, 0) is 11.3 Å². The minimum absolute atomic E-state index is 0.413. The van der Waals surface area contributed by atoms with E-state index in [9.17, 15) is 0 Å². The zero-order valence-corrected chi connectivity index (χ0v) is 9.30. The summed E-state index contributed by atoms with van der Waals surface area (Å²) in [7, 11) is 1.76. The molecule has 0 amide bonds. The first-order chi connectivity index (χ1) is 6.76. The lowest BCUT2D eigenvalue weighted by Gasteiger charge is -2.33. The van der Waals surface area contributed by atoms with Crippen molar-refractivity contribution in [3.8, 4) is 0 Å². The number of rotatable bonds is 3. The molecule has 0 aromatic carbocycles. The molecule has 1 aliphatic carbocycles. The maximum Gasteiger partial charge on any atom is 0.195 e. The second-order valence-electron chi connectivity index (χ2n) is 3.66. The monoisotopic (exact) mass is 213 g/mol. The van der Waals surface area contributed by atoms with E-state index in [0.717, 1.165) is 30.0 Å². The molecule has 2 rings (SSSR count). The standard InChI is InChI=1S/C9H15N3OS/c1-3-12-8(10-11-9(12)14)6-4-7(5-6)13-2/h6-7H,3-5H2,1-2H3,(H,11,14). The lowest BCUT2D eigenvalue weighted by atomic mass is 9.81. The van der Waals surface area contributed by atoms with Crippen LogP contribution in [0, 0.1) is 4.77 Å². The zero-order valence-electron chi connectivity index (χ0n) is 8.49. The molecule has 0 saturated heterocycles. The highest BCUT2D eigenvalue weighted by atomic mass is 32.1. The topological polar surface area (TPSA) is 42.8 Å². The van der Waals surface area contributed by atoms with Crippen molar-refractivity contribution < 1.29 is 4.74 Å². The van der Waals surface area contributed by atoms with E-state index in [1.165, 1.54) is 0 Å². The van der Waals surface area contributed by atoms with Crippen molar-refractivity contribution in [2.75, 3.05) is 7.11 Å². The molecule has 1 N–H and O–H groups in total. The summed E-state index contributed by atoms with van der Waals surface area (Å²) in [6.45, 7) is 2.97. The van der Waals surface area contributed by atoms with E-state index in [-0.39, 0.29) is 0 Å². The van der Waals surface area contributed by atoms with E-state index in [1.807, 2.05) is 0 Å². The Bertz CT molecular complexity index is 364. The molecule has 0 unspecified atom stereocenters. The van der Waals surface area contributed by atoms with Gasteiger partial charge in [-0.3, -0.25) is 5.10 Å². The second kappa shape index (κ2) is 3.82. The van der Waals surface area contributed by atoms with Crippen LogP contribution in [0.15, 0.2) is 0 Å². The summed E-state index contributed by atoms with van der Waals surface area (Å²) in [5.41, 5.74) is 0. The summed E-state index contributed by atoms with van der Waals surface area (Å²) in [5.74, 6) is 1.61. The highest BCUT2D eigenvalue weighted by Gasteiger charge is 2.33. The van der Waals surface area contributed by atoms with E-state index in [1.54, 1.807) is 7.11 Å². The van der Waals surface area contributed by atoms with Gasteiger partial charge in [0.25, 0.3) is 0 Å². The van der Waals surface area contributed by atoms with Crippen molar-refractivity contribution in [2.45, 2.75) is 38.3 Å². The Morgan fingerprint density at radius 3 is 2.93 bits per heavy atom. The summed E-state index contributed by atoms with van der Waals surface area (Å²) in [4.78, 5) is 0. The summed E-state index contributed by atoms with van der Waals surface area (Å²) in [5, 5.41) is 7.11. The lowest BCUT2D eigenvalue weighted by molar-refractivity contribution is 0.0227. The van der Waals surface area contributed by atoms with Gasteiger partial charge in [0.15, 0.2) is 4.77 Å². The van der Waals surface area contributed by atoms with Gasteiger partial charge in [-0.05, 0) is 32.0 Å². The predicted octanol–water partition coefficient (Wildman–Crippen LogP) is 1.85. The second-order valence-corrected chi connectivity index (χ2v) is 4.04. The van der Waals surface area contributed by atoms with Crippen LogP contribution < -0.4 is 0 Å². The molecular formula is C9H15N3OS. The first-order valence-electron chi connectivity index (χ1n) is 4.94. The molecule has 1 saturated carbocycles. The Hall–Kier alpha value is -0.680. The number of aromatic amines is 1. The summed E-state index contributed by atoms with van der Waals surface area (Å²) >= 11 is 5.13. The van der Waals surface area contributed by atoms with Gasteiger partial charge in [-0.15, -0.1) is 0 Å². The van der Waals surface area contributed by atoms with Gasteiger partial charge in [-0.25, -0.2) is 0 Å². The molecule has 4 nitrogen and oxygen atoms in total. The number of aromatic nitrogens is 3. The van der Waals surface area contributed by atoms with Crippen molar-refractivity contribution >= 4 is 12.2 Å². The van der Waals surface area contributed by atoms with Gasteiger partial charge in [0, 0.05) is 19.6 Å². The van der Waals surface area contributed by atoms with Gasteiger partial charge in [-0.1, -0.05) is 0 Å². The number of hydrogen-bond donors (Lipinski definition) is 1. The summed E-state index contributed by atoms with van der Waals surface area (Å²) in [6.07, 6.45) is 2.54. The Labute approximate surface area is 88.3 Å². The minimum Gasteiger partial charge on any atom is -0.381 e. The average molecular weight is 213 g/mol. The molecule has 14 heavy (non-hydrogen) atoms. The normalized spacial score (nSPS) is 26.1. The predicted molar refractivity (Wildman–Crippen MR) is 55.9 cm³/mol. The van der Waals surface area contributed by atoms with E-state index in [4.69, 9.17) is 17.0 Å². The molecule has 5 heteroatoms. The van der Waals surface area contributed by atoms with E-state index >= 15 is 0 Å². The van der Waals surface area contributed by atoms with Gasteiger partial charge in [0.1, 0.15) is 5.82 Å². The molecule has 0 spiro atoms. The van der Waals surface area contributed by atoms with Gasteiger partial charge in [0.05, 0.1) is 6.10 Å². The van der Waals surface area contributed by atoms with Gasteiger partial charge in [0.2, 0.25) is 0 Å². The summed E-state index contributed by atoms with van der Waals surface area (Å²) < 4.78 is 8.03. The van der Waals surface area contributed by atoms with Crippen LogP contribution >= 0.6 is 12.2 Å². The quantitative estimate of drug-likeness (QED) is 0.779. The molecular weight excluding hydrogens is 198 g/mol. The number of nitrogens with zero attached hydrogens (tertiary/aromatic N) is 2. The van der Waals surface area contributed by atoms with Crippen molar-refractivity contribution in [3.63, 3.8) is 0 Å². The van der Waals surface area contributed by atoms with Crippen LogP contribution in [0.2, 0.25) is 0 Å². The fourth-order valence-electron chi connectivity index (χ4n) is 1.92. The molecule has 1 aromatic heterocycles. The van der Waals surface area contributed by atoms with Crippen LogP contribution in [0.25, 0.3) is 0 Å². The average Bonchev–Trinajstić information content (AvgIpc) is 2.45. The van der Waals surface area contributed by atoms with Gasteiger partial charge < -0.3 is 9.30 Å². The van der Waals surface area contributed by atoms with Crippen molar-refractivity contribution in [1.82, 2.24) is 14.8 Å². The SMILES string of the molecule is CCn1c(C2CC(OC)C2)n[nH]c1=S. The fourth-order valence-corrected chi connectivity index (χ4v) is 2.18. The smallest absolute Gasteiger partial charge is 0.195 e. The van der Waals surface area contributed by atoms with Gasteiger partial charge in [-0.2, -0.15) is 5.10 Å². The third-order valence-electron chi connectivity index (χ3n) is 2.90. The molecule has 1 heterocycles. The van der Waals surface area contributed by atoms with Crippen molar-refractivity contribution in [2.24, 2.45) is 0 Å². The highest BCUT2D eigenvalue weighted by Crippen LogP contribution is 2.37. The Morgan fingerprint density at radius 1 is 1.64 bits per heavy atom. The maximum atomic E-state index is 5.24. The Kier molecular flexibility index (Phi) is 2.69. The molecule has 1 aliphatic rings. The lowest BCUT2D eigenvalue weighted by Crippen LogP contribution is -2.30. The van der Waals surface area contributed by atoms with E-state index < -0.39 is 0 Å². The van der Waals surface area contributed by atoms with Crippen molar-refractivity contribution in [1.29, 1.82) is 0 Å². The molecule has 1 aromatic rings. The van der Waals surface area contributed by atoms with Crippen LogP contribution in [0.3, 0.4) is 0 Å². The van der Waals surface area contributed by atoms with Crippen LogP contribution in [0.4, 0.5) is 0 Å². The molecule has 0 radical (unpaired) electrons. The Balaban J connectivity index is 2.14. The molecule has 0 atom stereocenters. The fraction of sp³-hybridized carbons (Fsp3) is 0.778. The zero-order chi connectivity index (χ0) is 10.1. The van der Waals surface area contributed by atoms with Crippen LogP contribution in [-0.4, -0.2) is 28.0 Å². The number of methoxy groups -OCH3 is 1. The minimum atomic E-state index is 0.413. The van der Waals surface area contributed by atoms with E-state index in [0.29, 0.717) is 12.0 Å². The molecule has 0 aliphatic heterocycles. The van der Waals surface area contributed by atoms with Crippen molar-refractivity contribution in [3.05, 3.63) is 10.6 Å². The molecule has 78 valence electrons. The van der Waals surface area contributed by atoms with Gasteiger partial charge >= 0.3 is 0 Å². The van der Waals surface area contributed by atoms with Crippen LogP contribution in [0.1, 0.15) is 31.5 Å². The third kappa shape index (κ3) is 1.50. The third-order valence-corrected chi connectivity index (χ3v) is 3.21. The summed E-state index contributed by atoms with van der Waals surface area (Å²) in [6, 6.07) is 0.